The quantitative estimate of drug-likeness (QED) is 0.900. The SMILES string of the molecule is Cc1cccc(NC(=O)CC(O)(c2ccc(C)o2)C(F)(F)F)c1. The molecule has 124 valence electrons. The van der Waals surface area contributed by atoms with Crippen molar-refractivity contribution in [3.05, 3.63) is 53.5 Å². The number of rotatable bonds is 4. The third-order valence-electron chi connectivity index (χ3n) is 3.34. The highest BCUT2D eigenvalue weighted by Gasteiger charge is 2.58. The summed E-state index contributed by atoms with van der Waals surface area (Å²) in [4.78, 5) is 12.0. The van der Waals surface area contributed by atoms with Crippen molar-refractivity contribution in [2.45, 2.75) is 32.0 Å². The summed E-state index contributed by atoms with van der Waals surface area (Å²) >= 11 is 0. The van der Waals surface area contributed by atoms with Crippen LogP contribution in [0.15, 0.2) is 40.8 Å². The highest BCUT2D eigenvalue weighted by molar-refractivity contribution is 5.91. The van der Waals surface area contributed by atoms with Crippen molar-refractivity contribution in [1.82, 2.24) is 0 Å². The molecule has 4 nitrogen and oxygen atoms in total. The Morgan fingerprint density at radius 1 is 1.22 bits per heavy atom. The van der Waals surface area contributed by atoms with Crippen molar-refractivity contribution in [1.29, 1.82) is 0 Å². The number of hydrogen-bond acceptors (Lipinski definition) is 3. The van der Waals surface area contributed by atoms with Gasteiger partial charge >= 0.3 is 6.18 Å². The number of carbonyl (C=O) groups excluding carboxylic acids is 1. The molecule has 0 aliphatic rings. The molecular formula is C16H16F3NO3. The van der Waals surface area contributed by atoms with E-state index in [2.05, 4.69) is 5.32 Å². The zero-order chi connectivity index (χ0) is 17.3. The van der Waals surface area contributed by atoms with E-state index >= 15 is 0 Å². The van der Waals surface area contributed by atoms with Crippen molar-refractivity contribution in [3.63, 3.8) is 0 Å². The molecule has 1 heterocycles. The van der Waals surface area contributed by atoms with E-state index in [0.717, 1.165) is 11.6 Å². The van der Waals surface area contributed by atoms with Crippen LogP contribution in [0.4, 0.5) is 18.9 Å². The largest absolute Gasteiger partial charge is 0.463 e. The lowest BCUT2D eigenvalue weighted by Crippen LogP contribution is -2.44. The van der Waals surface area contributed by atoms with Gasteiger partial charge in [0.15, 0.2) is 0 Å². The van der Waals surface area contributed by atoms with Crippen LogP contribution >= 0.6 is 0 Å². The monoisotopic (exact) mass is 327 g/mol. The van der Waals surface area contributed by atoms with Crippen LogP contribution in [0.3, 0.4) is 0 Å². The van der Waals surface area contributed by atoms with E-state index in [-0.39, 0.29) is 5.76 Å². The maximum absolute atomic E-state index is 13.3. The minimum atomic E-state index is -5.05. The number of alkyl halides is 3. The van der Waals surface area contributed by atoms with E-state index in [0.29, 0.717) is 5.69 Å². The van der Waals surface area contributed by atoms with Gasteiger partial charge in [-0.15, -0.1) is 0 Å². The topological polar surface area (TPSA) is 62.5 Å². The second-order valence-corrected chi connectivity index (χ2v) is 5.36. The molecule has 2 rings (SSSR count). The first-order valence-electron chi connectivity index (χ1n) is 6.84. The third kappa shape index (κ3) is 3.73. The first-order chi connectivity index (χ1) is 10.6. The predicted octanol–water partition coefficient (Wildman–Crippen LogP) is 3.68. The Labute approximate surface area is 130 Å². The summed E-state index contributed by atoms with van der Waals surface area (Å²) in [6.45, 7) is 3.24. The maximum atomic E-state index is 13.3. The van der Waals surface area contributed by atoms with Crippen LogP contribution in [0.25, 0.3) is 0 Å². The fourth-order valence-corrected chi connectivity index (χ4v) is 2.14. The summed E-state index contributed by atoms with van der Waals surface area (Å²) < 4.78 is 44.7. The molecule has 1 aromatic heterocycles. The molecule has 0 bridgehead atoms. The number of hydrogen-bond donors (Lipinski definition) is 2. The maximum Gasteiger partial charge on any atom is 0.425 e. The molecule has 0 fully saturated rings. The Kier molecular flexibility index (Phi) is 4.51. The van der Waals surface area contributed by atoms with Gasteiger partial charge in [0, 0.05) is 5.69 Å². The van der Waals surface area contributed by atoms with Crippen LogP contribution in [0, 0.1) is 13.8 Å². The number of aliphatic hydroxyl groups is 1. The van der Waals surface area contributed by atoms with Gasteiger partial charge in [0.25, 0.3) is 0 Å². The Hall–Kier alpha value is -2.28. The van der Waals surface area contributed by atoms with E-state index in [1.54, 1.807) is 31.2 Å². The van der Waals surface area contributed by atoms with E-state index < -0.39 is 29.9 Å². The molecule has 0 aliphatic heterocycles. The van der Waals surface area contributed by atoms with Crippen LogP contribution in [-0.2, 0) is 10.4 Å². The van der Waals surface area contributed by atoms with Gasteiger partial charge in [-0.25, -0.2) is 0 Å². The van der Waals surface area contributed by atoms with Gasteiger partial charge in [-0.3, -0.25) is 4.79 Å². The zero-order valence-corrected chi connectivity index (χ0v) is 12.6. The molecule has 0 saturated heterocycles. The summed E-state index contributed by atoms with van der Waals surface area (Å²) in [5.41, 5.74) is -2.18. The van der Waals surface area contributed by atoms with Crippen molar-refractivity contribution in [2.24, 2.45) is 0 Å². The van der Waals surface area contributed by atoms with Gasteiger partial charge in [0.05, 0.1) is 6.42 Å². The standard InChI is InChI=1S/C16H16F3NO3/c1-10-4-3-5-12(8-10)20-14(21)9-15(22,16(17,18)19)13-7-6-11(2)23-13/h3-8,22H,9H2,1-2H3,(H,20,21). The van der Waals surface area contributed by atoms with Gasteiger partial charge in [-0.2, -0.15) is 13.2 Å². The minimum absolute atomic E-state index is 0.210. The van der Waals surface area contributed by atoms with Crippen molar-refractivity contribution >= 4 is 11.6 Å². The number of halogens is 3. The number of benzene rings is 1. The Morgan fingerprint density at radius 3 is 2.43 bits per heavy atom. The molecule has 0 saturated carbocycles. The number of nitrogens with one attached hydrogen (secondary N) is 1. The minimum Gasteiger partial charge on any atom is -0.463 e. The predicted molar refractivity (Wildman–Crippen MR) is 77.8 cm³/mol. The normalized spacial score (nSPS) is 14.3. The van der Waals surface area contributed by atoms with Crippen LogP contribution in [0.1, 0.15) is 23.5 Å². The van der Waals surface area contributed by atoms with Crippen LogP contribution in [0.5, 0.6) is 0 Å². The Balaban J connectivity index is 2.23. The van der Waals surface area contributed by atoms with E-state index in [1.165, 1.54) is 13.0 Å². The summed E-state index contributed by atoms with van der Waals surface area (Å²) in [7, 11) is 0. The molecule has 1 aromatic carbocycles. The van der Waals surface area contributed by atoms with E-state index in [4.69, 9.17) is 4.42 Å². The second kappa shape index (κ2) is 6.08. The molecular weight excluding hydrogens is 311 g/mol. The molecule has 0 aliphatic carbocycles. The molecule has 1 unspecified atom stereocenters. The fraction of sp³-hybridized carbons (Fsp3) is 0.312. The lowest BCUT2D eigenvalue weighted by molar-refractivity contribution is -0.272. The molecule has 0 radical (unpaired) electrons. The van der Waals surface area contributed by atoms with Crippen LogP contribution in [0.2, 0.25) is 0 Å². The van der Waals surface area contributed by atoms with Crippen LogP contribution in [-0.4, -0.2) is 17.2 Å². The molecule has 2 aromatic rings. The Morgan fingerprint density at radius 2 is 1.91 bits per heavy atom. The summed E-state index contributed by atoms with van der Waals surface area (Å²) in [5.74, 6) is -1.46. The van der Waals surface area contributed by atoms with Crippen LogP contribution < -0.4 is 5.32 Å². The van der Waals surface area contributed by atoms with Gasteiger partial charge < -0.3 is 14.8 Å². The molecule has 1 atom stereocenters. The number of carbonyl (C=O) groups is 1. The fourth-order valence-electron chi connectivity index (χ4n) is 2.14. The zero-order valence-electron chi connectivity index (χ0n) is 12.6. The average molecular weight is 327 g/mol. The molecule has 7 heteroatoms. The highest BCUT2D eigenvalue weighted by atomic mass is 19.4. The third-order valence-corrected chi connectivity index (χ3v) is 3.34. The number of anilines is 1. The van der Waals surface area contributed by atoms with Gasteiger partial charge in [0.2, 0.25) is 11.5 Å². The molecule has 23 heavy (non-hydrogen) atoms. The second-order valence-electron chi connectivity index (χ2n) is 5.36. The van der Waals surface area contributed by atoms with Crippen molar-refractivity contribution in [3.8, 4) is 0 Å². The lowest BCUT2D eigenvalue weighted by atomic mass is 9.95. The Bertz CT molecular complexity index is 709. The first-order valence-corrected chi connectivity index (χ1v) is 6.84. The number of amides is 1. The number of furan rings is 1. The molecule has 2 N–H and O–H groups in total. The van der Waals surface area contributed by atoms with E-state index in [9.17, 15) is 23.1 Å². The lowest BCUT2D eigenvalue weighted by Gasteiger charge is -2.28. The first kappa shape index (κ1) is 17.1. The smallest absolute Gasteiger partial charge is 0.425 e. The van der Waals surface area contributed by atoms with Crippen molar-refractivity contribution in [2.75, 3.05) is 5.32 Å². The van der Waals surface area contributed by atoms with Gasteiger partial charge in [-0.1, -0.05) is 12.1 Å². The van der Waals surface area contributed by atoms with Crippen molar-refractivity contribution < 1.29 is 27.5 Å². The van der Waals surface area contributed by atoms with Gasteiger partial charge in [0.1, 0.15) is 11.5 Å². The molecule has 1 amide bonds. The van der Waals surface area contributed by atoms with Gasteiger partial charge in [-0.05, 0) is 43.7 Å². The summed E-state index contributed by atoms with van der Waals surface area (Å²) in [5, 5.41) is 12.4. The number of aryl methyl sites for hydroxylation is 2. The summed E-state index contributed by atoms with van der Waals surface area (Å²) in [6, 6.07) is 8.92. The highest BCUT2D eigenvalue weighted by Crippen LogP contribution is 2.42. The molecule has 0 spiro atoms. The average Bonchev–Trinajstić information content (AvgIpc) is 2.84. The van der Waals surface area contributed by atoms with E-state index in [1.807, 2.05) is 0 Å². The summed E-state index contributed by atoms with van der Waals surface area (Å²) in [6.07, 6.45) is -6.25.